The molecule has 26 heavy (non-hydrogen) atoms. The number of carbonyl (C=O) groups is 2. The van der Waals surface area contributed by atoms with Crippen molar-refractivity contribution in [2.45, 2.75) is 25.3 Å². The maximum atomic E-state index is 12.5. The first-order valence-corrected chi connectivity index (χ1v) is 8.75. The molecule has 0 bridgehead atoms. The molecule has 2 amide bonds. The third-order valence-corrected chi connectivity index (χ3v) is 4.54. The molecule has 7 nitrogen and oxygen atoms in total. The number of carbonyl (C=O) groups excluding carboxylic acids is 2. The van der Waals surface area contributed by atoms with Crippen LogP contribution in [0.1, 0.15) is 29.6 Å². The van der Waals surface area contributed by atoms with Gasteiger partial charge < -0.3 is 25.0 Å². The van der Waals surface area contributed by atoms with Crippen LogP contribution in [-0.2, 0) is 9.53 Å². The minimum Gasteiger partial charge on any atom is -0.495 e. The van der Waals surface area contributed by atoms with Crippen LogP contribution in [0.5, 0.6) is 5.75 Å². The smallest absolute Gasteiger partial charge is 0.253 e. The number of hydrogen-bond donors (Lipinski definition) is 2. The Kier molecular flexibility index (Phi) is 7.68. The average molecular weight is 384 g/mol. The van der Waals surface area contributed by atoms with Crippen molar-refractivity contribution >= 4 is 29.9 Å². The Morgan fingerprint density at radius 1 is 1.35 bits per heavy atom. The van der Waals surface area contributed by atoms with E-state index < -0.39 is 0 Å². The van der Waals surface area contributed by atoms with E-state index in [2.05, 4.69) is 10.6 Å². The van der Waals surface area contributed by atoms with E-state index in [9.17, 15) is 9.59 Å². The highest BCUT2D eigenvalue weighted by Gasteiger charge is 2.22. The summed E-state index contributed by atoms with van der Waals surface area (Å²) in [5.41, 5.74) is 1.09. The molecule has 2 saturated heterocycles. The second kappa shape index (κ2) is 9.75. The number of nitrogens with one attached hydrogen (secondary N) is 2. The highest BCUT2D eigenvalue weighted by atomic mass is 35.5. The predicted octanol–water partition coefficient (Wildman–Crippen LogP) is 1.67. The molecule has 3 rings (SSSR count). The molecule has 144 valence electrons. The van der Waals surface area contributed by atoms with E-state index in [0.717, 1.165) is 32.5 Å². The van der Waals surface area contributed by atoms with Crippen LogP contribution < -0.4 is 15.4 Å². The summed E-state index contributed by atoms with van der Waals surface area (Å²) in [4.78, 5) is 26.7. The van der Waals surface area contributed by atoms with Crippen molar-refractivity contribution in [3.63, 3.8) is 0 Å². The first-order valence-electron chi connectivity index (χ1n) is 8.75. The Hall–Kier alpha value is -1.83. The van der Waals surface area contributed by atoms with E-state index in [1.807, 2.05) is 4.90 Å². The second-order valence-corrected chi connectivity index (χ2v) is 6.39. The molecule has 1 unspecified atom stereocenters. The quantitative estimate of drug-likeness (QED) is 0.808. The minimum absolute atomic E-state index is 0. The number of methoxy groups -OCH3 is 1. The lowest BCUT2D eigenvalue weighted by Gasteiger charge is -2.23. The minimum atomic E-state index is -0.132. The van der Waals surface area contributed by atoms with Crippen LogP contribution in [0.2, 0.25) is 0 Å². The Bertz CT molecular complexity index is 629. The summed E-state index contributed by atoms with van der Waals surface area (Å²) in [5.74, 6) is 0.407. The summed E-state index contributed by atoms with van der Waals surface area (Å²) < 4.78 is 10.7. The van der Waals surface area contributed by atoms with Gasteiger partial charge in [-0.3, -0.25) is 9.59 Å². The second-order valence-electron chi connectivity index (χ2n) is 6.39. The first-order chi connectivity index (χ1) is 12.2. The molecule has 1 aromatic carbocycles. The number of benzene rings is 1. The summed E-state index contributed by atoms with van der Waals surface area (Å²) in [6, 6.07) is 5.17. The molecule has 2 aliphatic rings. The number of halogens is 1. The van der Waals surface area contributed by atoms with Gasteiger partial charge in [0.1, 0.15) is 5.75 Å². The largest absolute Gasteiger partial charge is 0.495 e. The zero-order valence-corrected chi connectivity index (χ0v) is 15.8. The lowest BCUT2D eigenvalue weighted by atomic mass is 10.1. The number of morpholine rings is 1. The van der Waals surface area contributed by atoms with Crippen molar-refractivity contribution in [2.75, 3.05) is 45.3 Å². The van der Waals surface area contributed by atoms with Gasteiger partial charge in [0.2, 0.25) is 5.91 Å². The van der Waals surface area contributed by atoms with Crippen molar-refractivity contribution < 1.29 is 19.1 Å². The predicted molar refractivity (Wildman–Crippen MR) is 101 cm³/mol. The van der Waals surface area contributed by atoms with Gasteiger partial charge in [-0.25, -0.2) is 0 Å². The lowest BCUT2D eigenvalue weighted by molar-refractivity contribution is -0.117. The van der Waals surface area contributed by atoms with Crippen LogP contribution in [-0.4, -0.2) is 62.7 Å². The van der Waals surface area contributed by atoms with Crippen molar-refractivity contribution in [2.24, 2.45) is 0 Å². The van der Waals surface area contributed by atoms with Gasteiger partial charge >= 0.3 is 0 Å². The van der Waals surface area contributed by atoms with Gasteiger partial charge in [-0.1, -0.05) is 0 Å². The highest BCUT2D eigenvalue weighted by molar-refractivity contribution is 5.98. The van der Waals surface area contributed by atoms with E-state index in [0.29, 0.717) is 36.6 Å². The Morgan fingerprint density at radius 3 is 2.77 bits per heavy atom. The van der Waals surface area contributed by atoms with Gasteiger partial charge in [0, 0.05) is 37.7 Å². The standard InChI is InChI=1S/C18H25N3O4.ClH/c1-24-16-5-4-13(18(23)21-7-2-3-8-21)10-15(16)20-17(22)11-14-12-25-9-6-19-14;/h4-5,10,14,19H,2-3,6-9,11-12H2,1H3,(H,20,22);1H. The number of rotatable bonds is 5. The summed E-state index contributed by atoms with van der Waals surface area (Å²) in [5, 5.41) is 6.12. The zero-order valence-electron chi connectivity index (χ0n) is 15.0. The van der Waals surface area contributed by atoms with Crippen molar-refractivity contribution in [3.8, 4) is 5.75 Å². The first kappa shape index (κ1) is 20.5. The number of anilines is 1. The molecule has 2 fully saturated rings. The number of amides is 2. The van der Waals surface area contributed by atoms with Gasteiger partial charge in [0.15, 0.2) is 0 Å². The number of likely N-dealkylation sites (tertiary alicyclic amines) is 1. The van der Waals surface area contributed by atoms with Gasteiger partial charge in [0.25, 0.3) is 5.91 Å². The number of ether oxygens (including phenoxy) is 2. The topological polar surface area (TPSA) is 79.9 Å². The van der Waals surface area contributed by atoms with Crippen molar-refractivity contribution in [3.05, 3.63) is 23.8 Å². The SMILES string of the molecule is COc1ccc(C(=O)N2CCCC2)cc1NC(=O)CC1COCCN1.Cl. The molecule has 2 heterocycles. The van der Waals surface area contributed by atoms with Crippen LogP contribution in [0.3, 0.4) is 0 Å². The van der Waals surface area contributed by atoms with Gasteiger partial charge in [-0.2, -0.15) is 0 Å². The molecule has 2 aliphatic heterocycles. The Balaban J connectivity index is 0.00000243. The Labute approximate surface area is 159 Å². The third kappa shape index (κ3) is 5.09. The molecule has 0 aliphatic carbocycles. The molecule has 1 aromatic rings. The van der Waals surface area contributed by atoms with Crippen LogP contribution in [0.4, 0.5) is 5.69 Å². The molecule has 0 radical (unpaired) electrons. The van der Waals surface area contributed by atoms with E-state index in [1.165, 1.54) is 0 Å². The molecule has 2 N–H and O–H groups in total. The highest BCUT2D eigenvalue weighted by Crippen LogP contribution is 2.27. The van der Waals surface area contributed by atoms with Gasteiger partial charge in [-0.15, -0.1) is 12.4 Å². The third-order valence-electron chi connectivity index (χ3n) is 4.54. The normalized spacial score (nSPS) is 19.6. The van der Waals surface area contributed by atoms with Gasteiger partial charge in [0.05, 0.1) is 26.0 Å². The van der Waals surface area contributed by atoms with E-state index in [-0.39, 0.29) is 30.3 Å². The maximum Gasteiger partial charge on any atom is 0.253 e. The maximum absolute atomic E-state index is 12.5. The summed E-state index contributed by atoms with van der Waals surface area (Å²) in [7, 11) is 1.55. The number of hydrogen-bond acceptors (Lipinski definition) is 5. The van der Waals surface area contributed by atoms with Crippen LogP contribution in [0.15, 0.2) is 18.2 Å². The van der Waals surface area contributed by atoms with E-state index >= 15 is 0 Å². The molecule has 0 spiro atoms. The van der Waals surface area contributed by atoms with Crippen LogP contribution in [0, 0.1) is 0 Å². The molecule has 0 aromatic heterocycles. The lowest BCUT2D eigenvalue weighted by Crippen LogP contribution is -2.43. The summed E-state index contributed by atoms with van der Waals surface area (Å²) in [6.07, 6.45) is 2.40. The summed E-state index contributed by atoms with van der Waals surface area (Å²) >= 11 is 0. The Morgan fingerprint density at radius 2 is 2.12 bits per heavy atom. The fraction of sp³-hybridized carbons (Fsp3) is 0.556. The number of nitrogens with zero attached hydrogens (tertiary/aromatic N) is 1. The van der Waals surface area contributed by atoms with E-state index in [4.69, 9.17) is 9.47 Å². The summed E-state index contributed by atoms with van der Waals surface area (Å²) in [6.45, 7) is 3.53. The average Bonchev–Trinajstić information content (AvgIpc) is 3.16. The molecule has 0 saturated carbocycles. The molecular weight excluding hydrogens is 358 g/mol. The molecule has 8 heteroatoms. The monoisotopic (exact) mass is 383 g/mol. The molecular formula is C18H26ClN3O4. The van der Waals surface area contributed by atoms with Crippen LogP contribution >= 0.6 is 12.4 Å². The van der Waals surface area contributed by atoms with Crippen molar-refractivity contribution in [1.82, 2.24) is 10.2 Å². The molecule has 1 atom stereocenters. The fourth-order valence-electron chi connectivity index (χ4n) is 3.22. The van der Waals surface area contributed by atoms with Crippen molar-refractivity contribution in [1.29, 1.82) is 0 Å². The van der Waals surface area contributed by atoms with Crippen LogP contribution in [0.25, 0.3) is 0 Å². The zero-order chi connectivity index (χ0) is 17.6. The van der Waals surface area contributed by atoms with Gasteiger partial charge in [-0.05, 0) is 31.0 Å². The van der Waals surface area contributed by atoms with E-state index in [1.54, 1.807) is 25.3 Å². The fourth-order valence-corrected chi connectivity index (χ4v) is 3.22.